The summed E-state index contributed by atoms with van der Waals surface area (Å²) in [5, 5.41) is 0.687. The second-order valence-electron chi connectivity index (χ2n) is 3.16. The summed E-state index contributed by atoms with van der Waals surface area (Å²) in [4.78, 5) is 7.24. The Kier molecular flexibility index (Phi) is 3.09. The Morgan fingerprint density at radius 1 is 1.00 bits per heavy atom. The summed E-state index contributed by atoms with van der Waals surface area (Å²) in [6, 6.07) is 10.7. The van der Waals surface area contributed by atoms with E-state index in [0.717, 1.165) is 11.1 Å². The second kappa shape index (κ2) is 4.52. The van der Waals surface area contributed by atoms with Crippen LogP contribution < -0.4 is 0 Å². The molecule has 0 fully saturated rings. The molecular weight excluding hydrogens is 243 g/mol. The van der Waals surface area contributed by atoms with Crippen molar-refractivity contribution in [1.29, 1.82) is 0 Å². The first-order chi connectivity index (χ1) is 7.69. The molecule has 0 N–H and O–H groups in total. The Bertz CT molecular complexity index is 553. The SMILES string of the molecule is [C-]#[N+]c1cccc(-c2cc(Cl)nc(Cl)c2)c1. The molecule has 0 aliphatic heterocycles. The normalized spacial score (nSPS) is 9.81. The molecule has 0 saturated heterocycles. The van der Waals surface area contributed by atoms with E-state index in [1.165, 1.54) is 0 Å². The monoisotopic (exact) mass is 248 g/mol. The van der Waals surface area contributed by atoms with Gasteiger partial charge >= 0.3 is 0 Å². The summed E-state index contributed by atoms with van der Waals surface area (Å²) in [5.74, 6) is 0. The second-order valence-corrected chi connectivity index (χ2v) is 3.94. The minimum absolute atomic E-state index is 0.343. The van der Waals surface area contributed by atoms with Gasteiger partial charge in [-0.05, 0) is 29.3 Å². The van der Waals surface area contributed by atoms with E-state index in [1.54, 1.807) is 24.3 Å². The molecule has 0 unspecified atom stereocenters. The molecule has 0 aliphatic rings. The Hall–Kier alpha value is -1.56. The number of rotatable bonds is 1. The van der Waals surface area contributed by atoms with Crippen LogP contribution in [0.15, 0.2) is 36.4 Å². The zero-order valence-electron chi connectivity index (χ0n) is 8.11. The molecule has 0 aliphatic carbocycles. The summed E-state index contributed by atoms with van der Waals surface area (Å²) in [6.07, 6.45) is 0. The van der Waals surface area contributed by atoms with Crippen LogP contribution in [0.25, 0.3) is 16.0 Å². The van der Waals surface area contributed by atoms with E-state index in [2.05, 4.69) is 9.83 Å². The number of nitrogens with zero attached hydrogens (tertiary/aromatic N) is 2. The van der Waals surface area contributed by atoms with Gasteiger partial charge in [-0.2, -0.15) is 0 Å². The average Bonchev–Trinajstić information content (AvgIpc) is 2.28. The van der Waals surface area contributed by atoms with Crippen molar-refractivity contribution in [3.05, 3.63) is 58.1 Å². The largest absolute Gasteiger partial charge is 0.238 e. The standard InChI is InChI=1S/C12H6Cl2N2/c1-15-10-4-2-3-8(5-10)9-6-11(13)16-12(14)7-9/h2-7H. The number of halogens is 2. The van der Waals surface area contributed by atoms with E-state index >= 15 is 0 Å². The van der Waals surface area contributed by atoms with Gasteiger partial charge in [0, 0.05) is 0 Å². The third kappa shape index (κ3) is 2.33. The third-order valence-electron chi connectivity index (χ3n) is 2.07. The van der Waals surface area contributed by atoms with Crippen LogP contribution in [0.1, 0.15) is 0 Å². The van der Waals surface area contributed by atoms with Gasteiger partial charge in [0.2, 0.25) is 0 Å². The van der Waals surface area contributed by atoms with Crippen LogP contribution in [0.2, 0.25) is 10.3 Å². The quantitative estimate of drug-likeness (QED) is 0.533. The maximum atomic E-state index is 6.95. The molecule has 16 heavy (non-hydrogen) atoms. The first-order valence-electron chi connectivity index (χ1n) is 4.50. The molecular formula is C12H6Cl2N2. The lowest BCUT2D eigenvalue weighted by molar-refractivity contribution is 1.33. The molecule has 4 heteroatoms. The fraction of sp³-hybridized carbons (Fsp3) is 0. The Labute approximate surface area is 103 Å². The van der Waals surface area contributed by atoms with Gasteiger partial charge in [-0.15, -0.1) is 0 Å². The van der Waals surface area contributed by atoms with Crippen LogP contribution in [0.3, 0.4) is 0 Å². The molecule has 0 spiro atoms. The maximum absolute atomic E-state index is 6.95. The van der Waals surface area contributed by atoms with Crippen molar-refractivity contribution in [2.75, 3.05) is 0 Å². The average molecular weight is 249 g/mol. The predicted molar refractivity (Wildman–Crippen MR) is 66.0 cm³/mol. The van der Waals surface area contributed by atoms with Crippen molar-refractivity contribution >= 4 is 28.9 Å². The number of aromatic nitrogens is 1. The van der Waals surface area contributed by atoms with E-state index < -0.39 is 0 Å². The molecule has 2 rings (SSSR count). The van der Waals surface area contributed by atoms with Gasteiger partial charge in [0.25, 0.3) is 0 Å². The topological polar surface area (TPSA) is 17.2 Å². The van der Waals surface area contributed by atoms with Gasteiger partial charge in [-0.25, -0.2) is 9.83 Å². The lowest BCUT2D eigenvalue weighted by atomic mass is 10.1. The number of pyridine rings is 1. The van der Waals surface area contributed by atoms with Crippen molar-refractivity contribution < 1.29 is 0 Å². The van der Waals surface area contributed by atoms with Crippen molar-refractivity contribution in [1.82, 2.24) is 4.98 Å². The van der Waals surface area contributed by atoms with Crippen molar-refractivity contribution in [3.8, 4) is 11.1 Å². The number of hydrogen-bond donors (Lipinski definition) is 0. The number of benzene rings is 1. The van der Waals surface area contributed by atoms with Crippen molar-refractivity contribution in [3.63, 3.8) is 0 Å². The van der Waals surface area contributed by atoms with Gasteiger partial charge in [0.05, 0.1) is 6.57 Å². The van der Waals surface area contributed by atoms with E-state index in [9.17, 15) is 0 Å². The number of hydrogen-bond acceptors (Lipinski definition) is 1. The smallest absolute Gasteiger partial charge is 0.187 e. The lowest BCUT2D eigenvalue weighted by Crippen LogP contribution is -1.81. The molecule has 2 nitrogen and oxygen atoms in total. The maximum Gasteiger partial charge on any atom is 0.187 e. The van der Waals surface area contributed by atoms with Gasteiger partial charge < -0.3 is 0 Å². The molecule has 0 radical (unpaired) electrons. The fourth-order valence-electron chi connectivity index (χ4n) is 1.39. The molecule has 2 aromatic rings. The van der Waals surface area contributed by atoms with Crippen LogP contribution >= 0.6 is 23.2 Å². The van der Waals surface area contributed by atoms with Gasteiger partial charge in [-0.1, -0.05) is 41.4 Å². The first kappa shape index (κ1) is 10.9. The highest BCUT2D eigenvalue weighted by molar-refractivity contribution is 6.32. The first-order valence-corrected chi connectivity index (χ1v) is 5.25. The van der Waals surface area contributed by atoms with Gasteiger partial charge in [0.15, 0.2) is 5.69 Å². The summed E-state index contributed by atoms with van der Waals surface area (Å²) in [6.45, 7) is 6.95. The molecule has 78 valence electrons. The van der Waals surface area contributed by atoms with Crippen LogP contribution in [-0.4, -0.2) is 4.98 Å². The highest BCUT2D eigenvalue weighted by Crippen LogP contribution is 2.27. The Morgan fingerprint density at radius 2 is 1.69 bits per heavy atom. The van der Waals surface area contributed by atoms with Crippen LogP contribution in [0.4, 0.5) is 5.69 Å². The highest BCUT2D eigenvalue weighted by Gasteiger charge is 2.03. The summed E-state index contributed by atoms with van der Waals surface area (Å²) < 4.78 is 0. The van der Waals surface area contributed by atoms with Crippen molar-refractivity contribution in [2.24, 2.45) is 0 Å². The molecule has 1 aromatic heterocycles. The summed E-state index contributed by atoms with van der Waals surface area (Å²) >= 11 is 11.6. The van der Waals surface area contributed by atoms with E-state index in [-0.39, 0.29) is 0 Å². The zero-order valence-corrected chi connectivity index (χ0v) is 9.63. The Balaban J connectivity index is 2.54. The molecule has 1 aromatic carbocycles. The van der Waals surface area contributed by atoms with Crippen LogP contribution in [0, 0.1) is 6.57 Å². The summed E-state index contributed by atoms with van der Waals surface area (Å²) in [5.41, 5.74) is 2.34. The van der Waals surface area contributed by atoms with E-state index in [1.807, 2.05) is 12.1 Å². The minimum atomic E-state index is 0.343. The van der Waals surface area contributed by atoms with Crippen LogP contribution in [0.5, 0.6) is 0 Å². The van der Waals surface area contributed by atoms with Gasteiger partial charge in [-0.3, -0.25) is 0 Å². The zero-order chi connectivity index (χ0) is 11.5. The van der Waals surface area contributed by atoms with Gasteiger partial charge in [0.1, 0.15) is 10.3 Å². The Morgan fingerprint density at radius 3 is 2.31 bits per heavy atom. The van der Waals surface area contributed by atoms with E-state index in [4.69, 9.17) is 29.8 Å². The molecule has 1 heterocycles. The van der Waals surface area contributed by atoms with Crippen LogP contribution in [-0.2, 0) is 0 Å². The molecule has 0 bridgehead atoms. The third-order valence-corrected chi connectivity index (χ3v) is 2.46. The fourth-order valence-corrected chi connectivity index (χ4v) is 1.85. The molecule has 0 atom stereocenters. The lowest BCUT2D eigenvalue weighted by Gasteiger charge is -2.03. The molecule has 0 saturated carbocycles. The molecule has 0 amide bonds. The predicted octanol–water partition coefficient (Wildman–Crippen LogP) is 4.61. The minimum Gasteiger partial charge on any atom is -0.238 e. The van der Waals surface area contributed by atoms with E-state index in [0.29, 0.717) is 16.0 Å². The van der Waals surface area contributed by atoms with Crippen molar-refractivity contribution in [2.45, 2.75) is 0 Å². The summed E-state index contributed by atoms with van der Waals surface area (Å²) in [7, 11) is 0. The highest BCUT2D eigenvalue weighted by atomic mass is 35.5.